The van der Waals surface area contributed by atoms with Crippen LogP contribution in [0.2, 0.25) is 0 Å². The van der Waals surface area contributed by atoms with E-state index in [-0.39, 0.29) is 10.6 Å². The van der Waals surface area contributed by atoms with Crippen molar-refractivity contribution < 1.29 is 8.42 Å². The van der Waals surface area contributed by atoms with Crippen LogP contribution < -0.4 is 10.0 Å². The lowest BCUT2D eigenvalue weighted by molar-refractivity contribution is 0.592. The van der Waals surface area contributed by atoms with Gasteiger partial charge in [0.1, 0.15) is 4.90 Å². The molecule has 2 aromatic carbocycles. The maximum Gasteiger partial charge on any atom is 0.266 e. The highest BCUT2D eigenvalue weighted by atomic mass is 79.9. The number of sulfonamides is 1. The summed E-state index contributed by atoms with van der Waals surface area (Å²) in [4.78, 5) is 1.12. The van der Waals surface area contributed by atoms with Gasteiger partial charge >= 0.3 is 0 Å². The Kier molecular flexibility index (Phi) is 3.90. The lowest BCUT2D eigenvalue weighted by Gasteiger charge is -2.30. The zero-order chi connectivity index (χ0) is 15.0. The number of rotatable bonds is 2. The zero-order valence-corrected chi connectivity index (χ0v) is 14.2. The number of halogens is 1. The Morgan fingerprint density at radius 1 is 1.19 bits per heavy atom. The maximum absolute atomic E-state index is 12.9. The minimum absolute atomic E-state index is 0.146. The van der Waals surface area contributed by atoms with Gasteiger partial charge in [-0.15, -0.1) is 11.8 Å². The van der Waals surface area contributed by atoms with Gasteiger partial charge in [0.05, 0.1) is 11.4 Å². The summed E-state index contributed by atoms with van der Waals surface area (Å²) in [6.07, 6.45) is 0. The van der Waals surface area contributed by atoms with Gasteiger partial charge in [0.25, 0.3) is 10.0 Å². The second-order valence-corrected chi connectivity index (χ2v) is 8.46. The Balaban J connectivity index is 2.12. The number of nitrogens with two attached hydrogens (primary N) is 1. The third-order valence-corrected chi connectivity index (χ3v) is 6.65. The van der Waals surface area contributed by atoms with E-state index in [2.05, 4.69) is 15.9 Å². The van der Waals surface area contributed by atoms with Gasteiger partial charge in [-0.3, -0.25) is 4.31 Å². The quantitative estimate of drug-likeness (QED) is 0.806. The van der Waals surface area contributed by atoms with Crippen LogP contribution >= 0.6 is 27.7 Å². The molecule has 1 aliphatic rings. The first-order valence-corrected chi connectivity index (χ1v) is 9.51. The predicted octanol–water partition coefficient (Wildman–Crippen LogP) is 3.33. The second-order valence-electron chi connectivity index (χ2n) is 4.58. The lowest BCUT2D eigenvalue weighted by atomic mass is 10.3. The molecule has 2 aromatic rings. The molecule has 0 atom stereocenters. The maximum atomic E-state index is 12.9. The van der Waals surface area contributed by atoms with Crippen molar-refractivity contribution in [3.05, 3.63) is 46.9 Å². The fourth-order valence-electron chi connectivity index (χ4n) is 2.27. The van der Waals surface area contributed by atoms with Crippen molar-refractivity contribution >= 4 is 49.1 Å². The normalized spacial score (nSPS) is 14.8. The van der Waals surface area contributed by atoms with Crippen molar-refractivity contribution in [2.75, 3.05) is 22.3 Å². The average Bonchev–Trinajstić information content (AvgIpc) is 2.46. The molecule has 0 saturated heterocycles. The van der Waals surface area contributed by atoms with Crippen LogP contribution in [0.3, 0.4) is 0 Å². The first kappa shape index (κ1) is 14.7. The van der Waals surface area contributed by atoms with Gasteiger partial charge in [-0.25, -0.2) is 8.42 Å². The van der Waals surface area contributed by atoms with E-state index in [4.69, 9.17) is 5.73 Å². The van der Waals surface area contributed by atoms with Gasteiger partial charge in [0.15, 0.2) is 0 Å². The average molecular weight is 385 g/mol. The number of nitrogen functional groups attached to an aromatic ring is 1. The van der Waals surface area contributed by atoms with Crippen LogP contribution in [0, 0.1) is 0 Å². The topological polar surface area (TPSA) is 63.4 Å². The summed E-state index contributed by atoms with van der Waals surface area (Å²) < 4.78 is 28.0. The number of para-hydroxylation sites is 1. The summed E-state index contributed by atoms with van der Waals surface area (Å²) in [6.45, 7) is 0.444. The van der Waals surface area contributed by atoms with Crippen LogP contribution in [0.4, 0.5) is 11.4 Å². The molecule has 1 aliphatic heterocycles. The Bertz CT molecular complexity index is 793. The summed E-state index contributed by atoms with van der Waals surface area (Å²) in [5.41, 5.74) is 6.86. The van der Waals surface area contributed by atoms with E-state index in [1.54, 1.807) is 30.0 Å². The third-order valence-electron chi connectivity index (χ3n) is 3.23. The molecule has 0 spiro atoms. The van der Waals surface area contributed by atoms with Crippen molar-refractivity contribution in [1.82, 2.24) is 0 Å². The number of hydrogen-bond acceptors (Lipinski definition) is 4. The van der Waals surface area contributed by atoms with Crippen LogP contribution in [0.5, 0.6) is 0 Å². The SMILES string of the molecule is Nc1cc(Br)ccc1S(=O)(=O)N1CCSc2ccccc21. The van der Waals surface area contributed by atoms with Crippen LogP contribution in [-0.2, 0) is 10.0 Å². The summed E-state index contributed by atoms with van der Waals surface area (Å²) in [5, 5.41) is 0. The minimum Gasteiger partial charge on any atom is -0.398 e. The first-order valence-electron chi connectivity index (χ1n) is 6.30. The van der Waals surface area contributed by atoms with Gasteiger partial charge in [-0.2, -0.15) is 0 Å². The largest absolute Gasteiger partial charge is 0.398 e. The third kappa shape index (κ3) is 2.65. The highest BCUT2D eigenvalue weighted by molar-refractivity contribution is 9.10. The molecular formula is C14H13BrN2O2S2. The van der Waals surface area contributed by atoms with E-state index in [0.29, 0.717) is 6.54 Å². The molecule has 0 saturated carbocycles. The van der Waals surface area contributed by atoms with E-state index in [0.717, 1.165) is 20.8 Å². The Morgan fingerprint density at radius 2 is 1.95 bits per heavy atom. The molecule has 0 aromatic heterocycles. The fourth-order valence-corrected chi connectivity index (χ4v) is 5.40. The van der Waals surface area contributed by atoms with E-state index < -0.39 is 10.0 Å². The van der Waals surface area contributed by atoms with Crippen molar-refractivity contribution in [3.63, 3.8) is 0 Å². The molecule has 2 N–H and O–H groups in total. The van der Waals surface area contributed by atoms with Crippen molar-refractivity contribution in [1.29, 1.82) is 0 Å². The van der Waals surface area contributed by atoms with Gasteiger partial charge in [0, 0.05) is 21.7 Å². The second kappa shape index (κ2) is 5.55. The van der Waals surface area contributed by atoms with Gasteiger partial charge in [0.2, 0.25) is 0 Å². The summed E-state index contributed by atoms with van der Waals surface area (Å²) >= 11 is 4.96. The number of hydrogen-bond donors (Lipinski definition) is 1. The molecule has 0 fully saturated rings. The van der Waals surface area contributed by atoms with E-state index >= 15 is 0 Å². The van der Waals surface area contributed by atoms with Crippen molar-refractivity contribution in [3.8, 4) is 0 Å². The van der Waals surface area contributed by atoms with Crippen LogP contribution in [-0.4, -0.2) is 20.7 Å². The minimum atomic E-state index is -3.65. The Labute approximate surface area is 136 Å². The molecule has 0 bridgehead atoms. The molecule has 1 heterocycles. The molecule has 4 nitrogen and oxygen atoms in total. The van der Waals surface area contributed by atoms with Gasteiger partial charge in [-0.05, 0) is 30.3 Å². The lowest BCUT2D eigenvalue weighted by Crippen LogP contribution is -2.35. The van der Waals surface area contributed by atoms with E-state index in [1.807, 2.05) is 24.3 Å². The van der Waals surface area contributed by atoms with Gasteiger partial charge < -0.3 is 5.73 Å². The number of fused-ring (bicyclic) bond motifs is 1. The fraction of sp³-hybridized carbons (Fsp3) is 0.143. The molecule has 0 radical (unpaired) electrons. The molecule has 0 unspecified atom stereocenters. The van der Waals surface area contributed by atoms with Gasteiger partial charge in [-0.1, -0.05) is 28.1 Å². The van der Waals surface area contributed by atoms with Crippen molar-refractivity contribution in [2.24, 2.45) is 0 Å². The predicted molar refractivity (Wildman–Crippen MR) is 90.3 cm³/mol. The number of benzene rings is 2. The molecular weight excluding hydrogens is 372 g/mol. The summed E-state index contributed by atoms with van der Waals surface area (Å²) in [7, 11) is -3.65. The van der Waals surface area contributed by atoms with E-state index in [1.165, 1.54) is 4.31 Å². The zero-order valence-electron chi connectivity index (χ0n) is 11.0. The molecule has 0 amide bonds. The number of anilines is 2. The Morgan fingerprint density at radius 3 is 2.71 bits per heavy atom. The molecule has 0 aliphatic carbocycles. The molecule has 3 rings (SSSR count). The smallest absolute Gasteiger partial charge is 0.266 e. The Hall–Kier alpha value is -1.18. The summed E-state index contributed by atoms with van der Waals surface area (Å²) in [5.74, 6) is 0.729. The first-order chi connectivity index (χ1) is 10.00. The highest BCUT2D eigenvalue weighted by Gasteiger charge is 2.30. The van der Waals surface area contributed by atoms with Crippen LogP contribution in [0.25, 0.3) is 0 Å². The van der Waals surface area contributed by atoms with E-state index in [9.17, 15) is 8.42 Å². The molecule has 110 valence electrons. The molecule has 7 heteroatoms. The number of nitrogens with zero attached hydrogens (tertiary/aromatic N) is 1. The number of thioether (sulfide) groups is 1. The highest BCUT2D eigenvalue weighted by Crippen LogP contribution is 2.38. The van der Waals surface area contributed by atoms with Crippen LogP contribution in [0.1, 0.15) is 0 Å². The standard InChI is InChI=1S/C14H13BrN2O2S2/c15-10-5-6-14(11(16)9-10)21(18,19)17-7-8-20-13-4-2-1-3-12(13)17/h1-6,9H,7-8,16H2. The monoisotopic (exact) mass is 384 g/mol. The van der Waals surface area contributed by atoms with Crippen LogP contribution in [0.15, 0.2) is 56.7 Å². The van der Waals surface area contributed by atoms with Crippen molar-refractivity contribution in [2.45, 2.75) is 9.79 Å². The molecule has 21 heavy (non-hydrogen) atoms. The summed E-state index contributed by atoms with van der Waals surface area (Å²) in [6, 6.07) is 12.4.